The van der Waals surface area contributed by atoms with Crippen molar-refractivity contribution in [2.24, 2.45) is 0 Å². The van der Waals surface area contributed by atoms with Crippen LogP contribution >= 0.6 is 0 Å². The second-order valence-corrected chi connectivity index (χ2v) is 5.70. The first-order chi connectivity index (χ1) is 11.7. The second kappa shape index (κ2) is 7.13. The fraction of sp³-hybridized carbons (Fsp3) is 0.200. The average molecular weight is 319 g/mol. The van der Waals surface area contributed by atoms with Gasteiger partial charge in [-0.25, -0.2) is 0 Å². The minimum absolute atomic E-state index is 0.0711. The summed E-state index contributed by atoms with van der Waals surface area (Å²) in [5.41, 5.74) is 5.05. The number of amides is 1. The fourth-order valence-electron chi connectivity index (χ4n) is 2.70. The summed E-state index contributed by atoms with van der Waals surface area (Å²) in [4.78, 5) is 12.3. The van der Waals surface area contributed by atoms with Crippen molar-refractivity contribution in [1.82, 2.24) is 15.1 Å². The van der Waals surface area contributed by atoms with Gasteiger partial charge in [0.15, 0.2) is 0 Å². The molecule has 122 valence electrons. The molecule has 0 radical (unpaired) electrons. The Bertz CT molecular complexity index is 820. The molecule has 0 atom stereocenters. The third kappa shape index (κ3) is 3.38. The van der Waals surface area contributed by atoms with Crippen LogP contribution in [0.5, 0.6) is 0 Å². The molecule has 1 amide bonds. The quantitative estimate of drug-likeness (QED) is 0.777. The number of benzene rings is 2. The maximum absolute atomic E-state index is 12.3. The van der Waals surface area contributed by atoms with Crippen LogP contribution in [0.1, 0.15) is 28.5 Å². The van der Waals surface area contributed by atoms with Crippen molar-refractivity contribution < 1.29 is 4.79 Å². The van der Waals surface area contributed by atoms with Crippen molar-refractivity contribution in [1.29, 1.82) is 0 Å². The zero-order valence-electron chi connectivity index (χ0n) is 14.0. The van der Waals surface area contributed by atoms with Gasteiger partial charge in [0.25, 0.3) is 5.91 Å². The predicted molar refractivity (Wildman–Crippen MR) is 95.7 cm³/mol. The molecule has 0 aliphatic carbocycles. The van der Waals surface area contributed by atoms with Gasteiger partial charge in [-0.2, -0.15) is 5.10 Å². The highest BCUT2D eigenvalue weighted by atomic mass is 16.1. The molecule has 4 nitrogen and oxygen atoms in total. The summed E-state index contributed by atoms with van der Waals surface area (Å²) in [6.07, 6.45) is 1.82. The van der Waals surface area contributed by atoms with Crippen molar-refractivity contribution in [3.8, 4) is 11.1 Å². The van der Waals surface area contributed by atoms with Gasteiger partial charge in [-0.3, -0.25) is 9.48 Å². The van der Waals surface area contributed by atoms with Crippen LogP contribution in [0.25, 0.3) is 11.1 Å². The minimum Gasteiger partial charge on any atom is -0.348 e. The van der Waals surface area contributed by atoms with Crippen LogP contribution < -0.4 is 5.32 Å². The lowest BCUT2D eigenvalue weighted by atomic mass is 10.0. The smallest absolute Gasteiger partial charge is 0.251 e. The molecule has 4 heteroatoms. The molecule has 2 aromatic carbocycles. The van der Waals surface area contributed by atoms with Crippen molar-refractivity contribution in [3.05, 3.63) is 77.6 Å². The Labute approximate surface area is 142 Å². The predicted octanol–water partition coefficient (Wildman–Crippen LogP) is 3.81. The van der Waals surface area contributed by atoms with Gasteiger partial charge in [-0.05, 0) is 37.1 Å². The van der Waals surface area contributed by atoms with Gasteiger partial charge in [0.1, 0.15) is 0 Å². The zero-order chi connectivity index (χ0) is 16.9. The van der Waals surface area contributed by atoms with Crippen LogP contribution in [0.15, 0.2) is 60.8 Å². The number of hydrogen-bond acceptors (Lipinski definition) is 2. The largest absolute Gasteiger partial charge is 0.348 e. The Morgan fingerprint density at radius 2 is 1.71 bits per heavy atom. The highest BCUT2D eigenvalue weighted by Gasteiger charge is 2.09. The minimum atomic E-state index is -0.0711. The second-order valence-electron chi connectivity index (χ2n) is 5.70. The monoisotopic (exact) mass is 319 g/mol. The summed E-state index contributed by atoms with van der Waals surface area (Å²) in [7, 11) is 0. The van der Waals surface area contributed by atoms with E-state index in [1.165, 1.54) is 0 Å². The van der Waals surface area contributed by atoms with E-state index >= 15 is 0 Å². The van der Waals surface area contributed by atoms with Crippen LogP contribution in [-0.2, 0) is 13.1 Å². The molecule has 1 N–H and O–H groups in total. The molecule has 1 aromatic heterocycles. The Morgan fingerprint density at radius 1 is 1.04 bits per heavy atom. The maximum Gasteiger partial charge on any atom is 0.251 e. The molecule has 0 unspecified atom stereocenters. The first kappa shape index (κ1) is 16.0. The van der Waals surface area contributed by atoms with Gasteiger partial charge in [-0.15, -0.1) is 0 Å². The van der Waals surface area contributed by atoms with Crippen molar-refractivity contribution >= 4 is 5.91 Å². The number of aromatic nitrogens is 2. The molecule has 3 rings (SSSR count). The van der Waals surface area contributed by atoms with Gasteiger partial charge >= 0.3 is 0 Å². The van der Waals surface area contributed by atoms with Gasteiger partial charge in [0.2, 0.25) is 0 Å². The Hall–Kier alpha value is -2.88. The summed E-state index contributed by atoms with van der Waals surface area (Å²) in [5, 5.41) is 7.26. The first-order valence-corrected chi connectivity index (χ1v) is 8.14. The Kier molecular flexibility index (Phi) is 4.75. The molecular weight excluding hydrogens is 298 g/mol. The molecular formula is C20H21N3O. The summed E-state index contributed by atoms with van der Waals surface area (Å²) < 4.78 is 1.93. The SMILES string of the molecule is CCn1ncc(CNC(=O)c2ccc(-c3ccccc3)cc2)c1C. The van der Waals surface area contributed by atoms with E-state index in [0.29, 0.717) is 12.1 Å². The molecule has 1 heterocycles. The van der Waals surface area contributed by atoms with E-state index in [9.17, 15) is 4.79 Å². The zero-order valence-corrected chi connectivity index (χ0v) is 14.0. The fourth-order valence-corrected chi connectivity index (χ4v) is 2.70. The highest BCUT2D eigenvalue weighted by Crippen LogP contribution is 2.19. The van der Waals surface area contributed by atoms with Gasteiger partial charge in [-0.1, -0.05) is 42.5 Å². The molecule has 0 saturated heterocycles. The number of rotatable bonds is 5. The molecule has 0 fully saturated rings. The standard InChI is InChI=1S/C20H21N3O/c1-3-23-15(2)19(14-22-23)13-21-20(24)18-11-9-17(10-12-18)16-7-5-4-6-8-16/h4-12,14H,3,13H2,1-2H3,(H,21,24). The number of carbonyl (C=O) groups excluding carboxylic acids is 1. The molecule has 0 saturated carbocycles. The number of nitrogens with zero attached hydrogens (tertiary/aromatic N) is 2. The van der Waals surface area contributed by atoms with Crippen molar-refractivity contribution in [2.75, 3.05) is 0 Å². The topological polar surface area (TPSA) is 46.9 Å². The van der Waals surface area contributed by atoms with Gasteiger partial charge < -0.3 is 5.32 Å². The summed E-state index contributed by atoms with van der Waals surface area (Å²) >= 11 is 0. The highest BCUT2D eigenvalue weighted by molar-refractivity contribution is 5.94. The van der Waals surface area contributed by atoms with Crippen LogP contribution in [0, 0.1) is 6.92 Å². The summed E-state index contributed by atoms with van der Waals surface area (Å²) in [6.45, 7) is 5.40. The lowest BCUT2D eigenvalue weighted by molar-refractivity contribution is 0.0951. The van der Waals surface area contributed by atoms with Crippen LogP contribution in [0.4, 0.5) is 0 Å². The third-order valence-corrected chi connectivity index (χ3v) is 4.20. The lowest BCUT2D eigenvalue weighted by Gasteiger charge is -2.07. The number of carbonyl (C=O) groups is 1. The van der Waals surface area contributed by atoms with E-state index in [-0.39, 0.29) is 5.91 Å². The van der Waals surface area contributed by atoms with Gasteiger partial charge in [0.05, 0.1) is 6.20 Å². The number of aryl methyl sites for hydroxylation is 1. The number of hydrogen-bond donors (Lipinski definition) is 1. The normalized spacial score (nSPS) is 10.6. The molecule has 3 aromatic rings. The first-order valence-electron chi connectivity index (χ1n) is 8.14. The Balaban J connectivity index is 1.66. The molecule has 0 spiro atoms. The van der Waals surface area contributed by atoms with E-state index in [2.05, 4.69) is 29.5 Å². The summed E-state index contributed by atoms with van der Waals surface area (Å²) in [6, 6.07) is 17.8. The van der Waals surface area contributed by atoms with E-state index in [1.807, 2.05) is 60.3 Å². The van der Waals surface area contributed by atoms with Crippen LogP contribution in [-0.4, -0.2) is 15.7 Å². The van der Waals surface area contributed by atoms with E-state index < -0.39 is 0 Å². The maximum atomic E-state index is 12.3. The molecule has 0 aliphatic heterocycles. The summed E-state index contributed by atoms with van der Waals surface area (Å²) in [5.74, 6) is -0.0711. The van der Waals surface area contributed by atoms with E-state index in [4.69, 9.17) is 0 Å². The van der Waals surface area contributed by atoms with Crippen LogP contribution in [0.3, 0.4) is 0 Å². The molecule has 24 heavy (non-hydrogen) atoms. The number of nitrogens with one attached hydrogen (secondary N) is 1. The van der Waals surface area contributed by atoms with Crippen molar-refractivity contribution in [3.63, 3.8) is 0 Å². The third-order valence-electron chi connectivity index (χ3n) is 4.20. The Morgan fingerprint density at radius 3 is 2.33 bits per heavy atom. The lowest BCUT2D eigenvalue weighted by Crippen LogP contribution is -2.23. The van der Waals surface area contributed by atoms with Crippen LogP contribution in [0.2, 0.25) is 0 Å². The van der Waals surface area contributed by atoms with E-state index in [1.54, 1.807) is 0 Å². The molecule has 0 aliphatic rings. The van der Waals surface area contributed by atoms with Gasteiger partial charge in [0, 0.05) is 29.9 Å². The molecule has 0 bridgehead atoms. The average Bonchev–Trinajstić information content (AvgIpc) is 3.00. The van der Waals surface area contributed by atoms with Crippen molar-refractivity contribution in [2.45, 2.75) is 26.9 Å². The van der Waals surface area contributed by atoms with E-state index in [0.717, 1.165) is 28.9 Å².